The molecule has 2 heterocycles. The van der Waals surface area contributed by atoms with Crippen LogP contribution < -0.4 is 10.6 Å². The zero-order chi connectivity index (χ0) is 13.7. The molecule has 2 rings (SSSR count). The second-order valence-corrected chi connectivity index (χ2v) is 5.08. The summed E-state index contributed by atoms with van der Waals surface area (Å²) in [6, 6.07) is 3.83. The number of likely N-dealkylation sites (tertiary alicyclic amines) is 1. The molecule has 1 atom stereocenters. The van der Waals surface area contributed by atoms with Crippen LogP contribution in [0.1, 0.15) is 30.1 Å². The van der Waals surface area contributed by atoms with Crippen molar-refractivity contribution >= 4 is 11.7 Å². The first kappa shape index (κ1) is 13.8. The molecule has 1 aliphatic rings. The van der Waals surface area contributed by atoms with Gasteiger partial charge in [-0.3, -0.25) is 4.79 Å². The van der Waals surface area contributed by atoms with Crippen LogP contribution in [0, 0.1) is 0 Å². The average Bonchev–Trinajstić information content (AvgIpc) is 2.82. The number of likely N-dealkylation sites (N-methyl/N-ethyl adjacent to an activating group) is 1. The summed E-state index contributed by atoms with van der Waals surface area (Å²) in [7, 11) is 2.07. The zero-order valence-corrected chi connectivity index (χ0v) is 11.6. The second kappa shape index (κ2) is 6.52. The van der Waals surface area contributed by atoms with E-state index in [-0.39, 0.29) is 11.9 Å². The summed E-state index contributed by atoms with van der Waals surface area (Å²) in [6.45, 7) is 4.94. The normalized spacial score (nSPS) is 19.4. The SMILES string of the molecule is CCCNc1cc(C(=O)NC2CCN(C)C2)ccn1. The first-order valence-electron chi connectivity index (χ1n) is 6.88. The Balaban J connectivity index is 1.94. The number of nitrogens with one attached hydrogen (secondary N) is 2. The van der Waals surface area contributed by atoms with E-state index >= 15 is 0 Å². The molecular weight excluding hydrogens is 240 g/mol. The van der Waals surface area contributed by atoms with E-state index in [1.54, 1.807) is 12.3 Å². The summed E-state index contributed by atoms with van der Waals surface area (Å²) in [6.07, 6.45) is 3.73. The highest BCUT2D eigenvalue weighted by Gasteiger charge is 2.21. The minimum Gasteiger partial charge on any atom is -0.370 e. The smallest absolute Gasteiger partial charge is 0.251 e. The molecule has 0 aliphatic carbocycles. The lowest BCUT2D eigenvalue weighted by atomic mass is 10.2. The summed E-state index contributed by atoms with van der Waals surface area (Å²) in [5.74, 6) is 0.750. The maximum absolute atomic E-state index is 12.1. The molecule has 1 amide bonds. The molecule has 0 spiro atoms. The number of hydrogen-bond donors (Lipinski definition) is 2. The predicted molar refractivity (Wildman–Crippen MR) is 76.4 cm³/mol. The fourth-order valence-corrected chi connectivity index (χ4v) is 2.24. The predicted octanol–water partition coefficient (Wildman–Crippen LogP) is 1.34. The molecule has 1 aromatic rings. The average molecular weight is 262 g/mol. The fourth-order valence-electron chi connectivity index (χ4n) is 2.24. The molecule has 19 heavy (non-hydrogen) atoms. The van der Waals surface area contributed by atoms with Gasteiger partial charge in [-0.15, -0.1) is 0 Å². The van der Waals surface area contributed by atoms with Crippen LogP contribution in [0.25, 0.3) is 0 Å². The van der Waals surface area contributed by atoms with Gasteiger partial charge in [-0.2, -0.15) is 0 Å². The van der Waals surface area contributed by atoms with Crippen LogP contribution in [0.5, 0.6) is 0 Å². The second-order valence-electron chi connectivity index (χ2n) is 5.08. The Kier molecular flexibility index (Phi) is 4.74. The maximum Gasteiger partial charge on any atom is 0.251 e. The molecule has 1 unspecified atom stereocenters. The van der Waals surface area contributed by atoms with Gasteiger partial charge in [-0.25, -0.2) is 4.98 Å². The van der Waals surface area contributed by atoms with Crippen molar-refractivity contribution in [3.05, 3.63) is 23.9 Å². The summed E-state index contributed by atoms with van der Waals surface area (Å²) in [5, 5.41) is 6.26. The number of carbonyl (C=O) groups is 1. The van der Waals surface area contributed by atoms with E-state index < -0.39 is 0 Å². The van der Waals surface area contributed by atoms with Gasteiger partial charge in [0.25, 0.3) is 5.91 Å². The number of anilines is 1. The van der Waals surface area contributed by atoms with E-state index in [9.17, 15) is 4.79 Å². The third-order valence-electron chi connectivity index (χ3n) is 3.30. The number of carbonyl (C=O) groups excluding carboxylic acids is 1. The number of aromatic nitrogens is 1. The van der Waals surface area contributed by atoms with E-state index in [1.165, 1.54) is 0 Å². The third kappa shape index (κ3) is 3.92. The molecular formula is C14H22N4O. The minimum absolute atomic E-state index is 0.0118. The monoisotopic (exact) mass is 262 g/mol. The van der Waals surface area contributed by atoms with Crippen LogP contribution in [0.4, 0.5) is 5.82 Å². The van der Waals surface area contributed by atoms with Crippen molar-refractivity contribution in [1.29, 1.82) is 0 Å². The summed E-state index contributed by atoms with van der Waals surface area (Å²) in [5.41, 5.74) is 0.670. The highest BCUT2D eigenvalue weighted by Crippen LogP contribution is 2.10. The van der Waals surface area contributed by atoms with E-state index in [4.69, 9.17) is 0 Å². The van der Waals surface area contributed by atoms with E-state index in [2.05, 4.69) is 34.5 Å². The molecule has 1 fully saturated rings. The van der Waals surface area contributed by atoms with E-state index in [1.807, 2.05) is 6.07 Å². The lowest BCUT2D eigenvalue weighted by Gasteiger charge is -2.13. The van der Waals surface area contributed by atoms with Crippen molar-refractivity contribution in [1.82, 2.24) is 15.2 Å². The molecule has 104 valence electrons. The maximum atomic E-state index is 12.1. The summed E-state index contributed by atoms with van der Waals surface area (Å²) >= 11 is 0. The van der Waals surface area contributed by atoms with E-state index in [0.29, 0.717) is 5.56 Å². The molecule has 1 aliphatic heterocycles. The third-order valence-corrected chi connectivity index (χ3v) is 3.30. The Hall–Kier alpha value is -1.62. The largest absolute Gasteiger partial charge is 0.370 e. The van der Waals surface area contributed by atoms with Gasteiger partial charge >= 0.3 is 0 Å². The lowest BCUT2D eigenvalue weighted by Crippen LogP contribution is -2.36. The first-order valence-corrected chi connectivity index (χ1v) is 6.88. The molecule has 0 aromatic carbocycles. The highest BCUT2D eigenvalue weighted by molar-refractivity contribution is 5.95. The zero-order valence-electron chi connectivity index (χ0n) is 11.6. The van der Waals surface area contributed by atoms with Crippen molar-refractivity contribution < 1.29 is 4.79 Å². The van der Waals surface area contributed by atoms with Gasteiger partial charge in [-0.05, 0) is 38.6 Å². The Bertz CT molecular complexity index is 435. The molecule has 0 radical (unpaired) electrons. The molecule has 2 N–H and O–H groups in total. The quantitative estimate of drug-likeness (QED) is 0.840. The van der Waals surface area contributed by atoms with Crippen LogP contribution in [0.3, 0.4) is 0 Å². The Morgan fingerprint density at radius 3 is 3.11 bits per heavy atom. The summed E-state index contributed by atoms with van der Waals surface area (Å²) in [4.78, 5) is 18.6. The van der Waals surface area contributed by atoms with Gasteiger partial charge < -0.3 is 15.5 Å². The van der Waals surface area contributed by atoms with Crippen LogP contribution in [0.15, 0.2) is 18.3 Å². The van der Waals surface area contributed by atoms with Gasteiger partial charge in [0.15, 0.2) is 0 Å². The number of rotatable bonds is 5. The number of nitrogens with zero attached hydrogens (tertiary/aromatic N) is 2. The van der Waals surface area contributed by atoms with Crippen molar-refractivity contribution in [2.45, 2.75) is 25.8 Å². The molecule has 5 nitrogen and oxygen atoms in total. The van der Waals surface area contributed by atoms with Crippen LogP contribution >= 0.6 is 0 Å². The van der Waals surface area contributed by atoms with E-state index in [0.717, 1.165) is 38.3 Å². The topological polar surface area (TPSA) is 57.3 Å². The molecule has 0 saturated carbocycles. The van der Waals surface area contributed by atoms with Crippen LogP contribution in [0.2, 0.25) is 0 Å². The van der Waals surface area contributed by atoms with Gasteiger partial charge in [0.2, 0.25) is 0 Å². The summed E-state index contributed by atoms with van der Waals surface area (Å²) < 4.78 is 0. The Morgan fingerprint density at radius 1 is 1.58 bits per heavy atom. The van der Waals surface area contributed by atoms with Crippen molar-refractivity contribution in [3.63, 3.8) is 0 Å². The van der Waals surface area contributed by atoms with Crippen LogP contribution in [-0.2, 0) is 0 Å². The molecule has 1 aromatic heterocycles. The Labute approximate surface area is 114 Å². The fraction of sp³-hybridized carbons (Fsp3) is 0.571. The lowest BCUT2D eigenvalue weighted by molar-refractivity contribution is 0.0938. The highest BCUT2D eigenvalue weighted by atomic mass is 16.1. The minimum atomic E-state index is -0.0118. The first-order chi connectivity index (χ1) is 9.19. The Morgan fingerprint density at radius 2 is 2.42 bits per heavy atom. The van der Waals surface area contributed by atoms with Crippen molar-refractivity contribution in [2.24, 2.45) is 0 Å². The number of hydrogen-bond acceptors (Lipinski definition) is 4. The number of amides is 1. The molecule has 1 saturated heterocycles. The van der Waals surface area contributed by atoms with Crippen molar-refractivity contribution in [3.8, 4) is 0 Å². The van der Waals surface area contributed by atoms with Gasteiger partial charge in [0.05, 0.1) is 0 Å². The number of pyridine rings is 1. The standard InChI is InChI=1S/C14H22N4O/c1-3-6-15-13-9-11(4-7-16-13)14(19)17-12-5-8-18(2)10-12/h4,7,9,12H,3,5-6,8,10H2,1-2H3,(H,15,16)(H,17,19). The van der Waals surface area contributed by atoms with Crippen molar-refractivity contribution in [2.75, 3.05) is 32.0 Å². The van der Waals surface area contributed by atoms with Gasteiger partial charge in [-0.1, -0.05) is 6.92 Å². The van der Waals surface area contributed by atoms with Crippen LogP contribution in [-0.4, -0.2) is 48.5 Å². The van der Waals surface area contributed by atoms with Gasteiger partial charge in [0.1, 0.15) is 5.82 Å². The molecule has 0 bridgehead atoms. The molecule has 5 heteroatoms. The van der Waals surface area contributed by atoms with Gasteiger partial charge in [0, 0.05) is 30.9 Å².